The van der Waals surface area contributed by atoms with Crippen LogP contribution in [-0.2, 0) is 0 Å². The summed E-state index contributed by atoms with van der Waals surface area (Å²) >= 11 is 0. The van der Waals surface area contributed by atoms with Gasteiger partial charge in [-0.05, 0) is 24.1 Å². The van der Waals surface area contributed by atoms with E-state index < -0.39 is 6.10 Å². The summed E-state index contributed by atoms with van der Waals surface area (Å²) in [4.78, 5) is 18.1. The first-order valence-corrected chi connectivity index (χ1v) is 7.22. The summed E-state index contributed by atoms with van der Waals surface area (Å²) in [5, 5.41) is 12.9. The molecule has 2 aromatic rings. The van der Waals surface area contributed by atoms with Gasteiger partial charge in [0.1, 0.15) is 5.82 Å². The zero-order valence-corrected chi connectivity index (χ0v) is 12.9. The third-order valence-corrected chi connectivity index (χ3v) is 3.35. The molecule has 0 radical (unpaired) electrons. The van der Waals surface area contributed by atoms with E-state index in [1.54, 1.807) is 18.3 Å². The minimum atomic E-state index is -0.573. The number of anilines is 1. The first-order valence-electron chi connectivity index (χ1n) is 7.22. The lowest BCUT2D eigenvalue weighted by atomic mass is 10.1. The van der Waals surface area contributed by atoms with Gasteiger partial charge >= 0.3 is 0 Å². The highest BCUT2D eigenvalue weighted by Gasteiger charge is 2.10. The molecule has 5 nitrogen and oxygen atoms in total. The molecule has 1 unspecified atom stereocenters. The average Bonchev–Trinajstić information content (AvgIpc) is 2.55. The van der Waals surface area contributed by atoms with Gasteiger partial charge in [-0.3, -0.25) is 4.79 Å². The quantitative estimate of drug-likeness (QED) is 0.856. The minimum absolute atomic E-state index is 0.161. The third kappa shape index (κ3) is 4.30. The van der Waals surface area contributed by atoms with Gasteiger partial charge in [-0.15, -0.1) is 0 Å². The van der Waals surface area contributed by atoms with Crippen molar-refractivity contribution in [2.75, 3.05) is 25.5 Å². The van der Waals surface area contributed by atoms with Crippen LogP contribution in [0.5, 0.6) is 0 Å². The number of amides is 1. The molecule has 0 saturated carbocycles. The number of nitrogens with one attached hydrogen (secondary N) is 1. The van der Waals surface area contributed by atoms with E-state index in [0.717, 1.165) is 11.4 Å². The Morgan fingerprint density at radius 2 is 2.00 bits per heavy atom. The van der Waals surface area contributed by atoms with Gasteiger partial charge in [0, 0.05) is 32.4 Å². The summed E-state index contributed by atoms with van der Waals surface area (Å²) in [6.07, 6.45) is 1.51. The van der Waals surface area contributed by atoms with Crippen LogP contribution in [0.4, 0.5) is 5.82 Å². The summed E-state index contributed by atoms with van der Waals surface area (Å²) < 4.78 is 0. The molecule has 22 heavy (non-hydrogen) atoms. The molecule has 1 aromatic carbocycles. The largest absolute Gasteiger partial charge is 0.388 e. The summed E-state index contributed by atoms with van der Waals surface area (Å²) in [6.45, 7) is 0.411. The average molecular weight is 299 g/mol. The van der Waals surface area contributed by atoms with E-state index in [1.807, 2.05) is 49.3 Å². The zero-order chi connectivity index (χ0) is 15.9. The van der Waals surface area contributed by atoms with Gasteiger partial charge in [0.05, 0.1) is 6.10 Å². The Morgan fingerprint density at radius 1 is 1.27 bits per heavy atom. The second-order valence-corrected chi connectivity index (χ2v) is 5.27. The Morgan fingerprint density at radius 3 is 2.68 bits per heavy atom. The molecule has 0 bridgehead atoms. The summed E-state index contributed by atoms with van der Waals surface area (Å²) in [5.41, 5.74) is 1.42. The van der Waals surface area contributed by atoms with Crippen molar-refractivity contribution in [2.24, 2.45) is 0 Å². The highest BCUT2D eigenvalue weighted by Crippen LogP contribution is 2.15. The molecule has 1 atom stereocenters. The van der Waals surface area contributed by atoms with Gasteiger partial charge in [0.2, 0.25) is 0 Å². The number of pyridine rings is 1. The molecule has 0 aliphatic heterocycles. The number of carbonyl (C=O) groups excluding carboxylic acids is 1. The van der Waals surface area contributed by atoms with Crippen molar-refractivity contribution in [2.45, 2.75) is 12.5 Å². The zero-order valence-electron chi connectivity index (χ0n) is 12.9. The smallest absolute Gasteiger partial charge is 0.251 e. The molecule has 2 N–H and O–H groups in total. The normalized spacial score (nSPS) is 11.8. The van der Waals surface area contributed by atoms with Gasteiger partial charge in [-0.2, -0.15) is 0 Å². The fourth-order valence-electron chi connectivity index (χ4n) is 2.07. The van der Waals surface area contributed by atoms with Crippen LogP contribution < -0.4 is 10.2 Å². The first kappa shape index (κ1) is 16.0. The highest BCUT2D eigenvalue weighted by atomic mass is 16.3. The van der Waals surface area contributed by atoms with Gasteiger partial charge in [0.15, 0.2) is 0 Å². The molecule has 116 valence electrons. The van der Waals surface area contributed by atoms with Crippen molar-refractivity contribution >= 4 is 11.7 Å². The summed E-state index contributed by atoms with van der Waals surface area (Å²) in [7, 11) is 3.75. The summed E-state index contributed by atoms with van der Waals surface area (Å²) in [5.74, 6) is 0.572. The maximum Gasteiger partial charge on any atom is 0.251 e. The predicted molar refractivity (Wildman–Crippen MR) is 86.9 cm³/mol. The van der Waals surface area contributed by atoms with E-state index in [4.69, 9.17) is 0 Å². The van der Waals surface area contributed by atoms with Crippen LogP contribution in [0, 0.1) is 0 Å². The predicted octanol–water partition coefficient (Wildman–Crippen LogP) is 2.00. The van der Waals surface area contributed by atoms with Gasteiger partial charge in [0.25, 0.3) is 5.91 Å². The number of aliphatic hydroxyl groups excluding tert-OH is 1. The van der Waals surface area contributed by atoms with E-state index in [0.29, 0.717) is 18.5 Å². The maximum absolute atomic E-state index is 12.1. The molecular formula is C17H21N3O2. The van der Waals surface area contributed by atoms with Crippen LogP contribution in [0.25, 0.3) is 0 Å². The van der Waals surface area contributed by atoms with Crippen LogP contribution in [0.2, 0.25) is 0 Å². The SMILES string of the molecule is CN(C)c1cc(C(=O)NCCC(O)c2ccccc2)ccn1. The van der Waals surface area contributed by atoms with Crippen LogP contribution in [-0.4, -0.2) is 36.6 Å². The van der Waals surface area contributed by atoms with Crippen LogP contribution in [0.1, 0.15) is 28.4 Å². The van der Waals surface area contributed by atoms with Crippen LogP contribution >= 0.6 is 0 Å². The van der Waals surface area contributed by atoms with Gasteiger partial charge in [-0.25, -0.2) is 4.98 Å². The molecule has 0 fully saturated rings. The number of rotatable bonds is 6. The number of carbonyl (C=O) groups is 1. The second kappa shape index (κ2) is 7.56. The van der Waals surface area contributed by atoms with E-state index in [9.17, 15) is 9.90 Å². The highest BCUT2D eigenvalue weighted by molar-refractivity contribution is 5.94. The van der Waals surface area contributed by atoms with Crippen molar-refractivity contribution in [1.29, 1.82) is 0 Å². The number of benzene rings is 1. The number of hydrogen-bond acceptors (Lipinski definition) is 4. The minimum Gasteiger partial charge on any atom is -0.388 e. The van der Waals surface area contributed by atoms with Crippen molar-refractivity contribution in [1.82, 2.24) is 10.3 Å². The lowest BCUT2D eigenvalue weighted by Crippen LogP contribution is -2.26. The van der Waals surface area contributed by atoms with Gasteiger partial charge in [-0.1, -0.05) is 30.3 Å². The molecule has 0 spiro atoms. The Bertz CT molecular complexity index is 614. The third-order valence-electron chi connectivity index (χ3n) is 3.35. The number of aliphatic hydroxyl groups is 1. The number of nitrogens with zero attached hydrogens (tertiary/aromatic N) is 2. The molecule has 5 heteroatoms. The van der Waals surface area contributed by atoms with E-state index in [2.05, 4.69) is 10.3 Å². The molecule has 1 aromatic heterocycles. The Kier molecular flexibility index (Phi) is 5.49. The number of aromatic nitrogens is 1. The molecule has 0 aliphatic rings. The Labute approximate surface area is 130 Å². The standard InChI is InChI=1S/C17H21N3O2/c1-20(2)16-12-14(8-10-18-16)17(22)19-11-9-15(21)13-6-4-3-5-7-13/h3-8,10,12,15,21H,9,11H2,1-2H3,(H,19,22). The molecular weight excluding hydrogens is 278 g/mol. The monoisotopic (exact) mass is 299 g/mol. The van der Waals surface area contributed by atoms with E-state index >= 15 is 0 Å². The first-order chi connectivity index (χ1) is 10.6. The van der Waals surface area contributed by atoms with Crippen molar-refractivity contribution < 1.29 is 9.90 Å². The lowest BCUT2D eigenvalue weighted by molar-refractivity contribution is 0.0942. The topological polar surface area (TPSA) is 65.5 Å². The molecule has 1 heterocycles. The lowest BCUT2D eigenvalue weighted by Gasteiger charge is -2.13. The summed E-state index contributed by atoms with van der Waals surface area (Å²) in [6, 6.07) is 12.8. The fraction of sp³-hybridized carbons (Fsp3) is 0.294. The number of hydrogen-bond donors (Lipinski definition) is 2. The van der Waals surface area contributed by atoms with E-state index in [-0.39, 0.29) is 5.91 Å². The van der Waals surface area contributed by atoms with Gasteiger partial charge < -0.3 is 15.3 Å². The van der Waals surface area contributed by atoms with Crippen molar-refractivity contribution in [3.63, 3.8) is 0 Å². The maximum atomic E-state index is 12.1. The van der Waals surface area contributed by atoms with Crippen molar-refractivity contribution in [3.8, 4) is 0 Å². The molecule has 1 amide bonds. The van der Waals surface area contributed by atoms with Crippen molar-refractivity contribution in [3.05, 3.63) is 59.8 Å². The Balaban J connectivity index is 1.87. The second-order valence-electron chi connectivity index (χ2n) is 5.27. The molecule has 2 rings (SSSR count). The Hall–Kier alpha value is -2.40. The van der Waals surface area contributed by atoms with E-state index in [1.165, 1.54) is 0 Å². The molecule has 0 saturated heterocycles. The van der Waals surface area contributed by atoms with Crippen LogP contribution in [0.15, 0.2) is 48.7 Å². The van der Waals surface area contributed by atoms with Crippen LogP contribution in [0.3, 0.4) is 0 Å². The fourth-order valence-corrected chi connectivity index (χ4v) is 2.07. The molecule has 0 aliphatic carbocycles.